The van der Waals surface area contributed by atoms with E-state index in [4.69, 9.17) is 10.8 Å². The van der Waals surface area contributed by atoms with E-state index in [1.54, 1.807) is 0 Å². The summed E-state index contributed by atoms with van der Waals surface area (Å²) in [5.74, 6) is 0.0704. The van der Waals surface area contributed by atoms with Crippen molar-refractivity contribution >= 4 is 5.91 Å². The van der Waals surface area contributed by atoms with E-state index >= 15 is 0 Å². The number of fused-ring (bicyclic) bond motifs is 1. The number of nitrogens with two attached hydrogens (primary N) is 1. The number of aromatic nitrogens is 2. The quantitative estimate of drug-likeness (QED) is 0.905. The number of rotatable bonds is 3. The number of hydrogen-bond donors (Lipinski definition) is 1. The molecule has 144 valence electrons. The maximum absolute atomic E-state index is 13.5. The third kappa shape index (κ3) is 3.41. The number of amides is 1. The van der Waals surface area contributed by atoms with Crippen molar-refractivity contribution in [2.75, 3.05) is 6.54 Å². The topological polar surface area (TPSA) is 64.2 Å². The summed E-state index contributed by atoms with van der Waals surface area (Å²) in [5.41, 5.74) is 11.5. The first-order valence-electron chi connectivity index (χ1n) is 10.3. The minimum Gasteiger partial charge on any atom is -0.333 e. The van der Waals surface area contributed by atoms with E-state index in [2.05, 4.69) is 31.2 Å². The van der Waals surface area contributed by atoms with E-state index < -0.39 is 0 Å². The van der Waals surface area contributed by atoms with Crippen LogP contribution >= 0.6 is 0 Å². The zero-order chi connectivity index (χ0) is 19.0. The summed E-state index contributed by atoms with van der Waals surface area (Å²) in [6.45, 7) is 4.88. The first kappa shape index (κ1) is 18.2. The highest BCUT2D eigenvalue weighted by molar-refractivity contribution is 5.94. The van der Waals surface area contributed by atoms with Crippen molar-refractivity contribution in [1.29, 1.82) is 0 Å². The van der Waals surface area contributed by atoms with Gasteiger partial charge in [0.05, 0.1) is 5.69 Å². The number of likely N-dealkylation sites (tertiary alicyclic amines) is 1. The molecular weight excluding hydrogens is 336 g/mol. The van der Waals surface area contributed by atoms with Crippen LogP contribution < -0.4 is 5.73 Å². The Labute approximate surface area is 161 Å². The first-order valence-corrected chi connectivity index (χ1v) is 10.3. The van der Waals surface area contributed by atoms with Crippen molar-refractivity contribution in [3.8, 4) is 5.69 Å². The van der Waals surface area contributed by atoms with E-state index in [-0.39, 0.29) is 18.0 Å². The van der Waals surface area contributed by atoms with Gasteiger partial charge < -0.3 is 10.6 Å². The Kier molecular flexibility index (Phi) is 5.04. The molecule has 2 unspecified atom stereocenters. The zero-order valence-electron chi connectivity index (χ0n) is 16.4. The Balaban J connectivity index is 1.74. The fraction of sp³-hybridized carbons (Fsp3) is 0.545. The number of carbonyl (C=O) groups excluding carboxylic acids is 1. The molecule has 1 amide bonds. The molecule has 5 nitrogen and oxygen atoms in total. The van der Waals surface area contributed by atoms with E-state index in [1.807, 2.05) is 16.5 Å². The second kappa shape index (κ2) is 7.47. The molecule has 1 fully saturated rings. The van der Waals surface area contributed by atoms with Crippen LogP contribution in [0.3, 0.4) is 0 Å². The molecule has 2 aliphatic rings. The highest BCUT2D eigenvalue weighted by atomic mass is 16.2. The van der Waals surface area contributed by atoms with Crippen LogP contribution in [0.25, 0.3) is 5.69 Å². The van der Waals surface area contributed by atoms with E-state index in [0.717, 1.165) is 62.7 Å². The van der Waals surface area contributed by atoms with Gasteiger partial charge in [-0.2, -0.15) is 5.10 Å². The van der Waals surface area contributed by atoms with Crippen LogP contribution in [0, 0.1) is 6.92 Å². The third-order valence-electron chi connectivity index (χ3n) is 6.08. The summed E-state index contributed by atoms with van der Waals surface area (Å²) >= 11 is 0. The van der Waals surface area contributed by atoms with Gasteiger partial charge in [0.1, 0.15) is 0 Å². The number of carbonyl (C=O) groups is 1. The molecule has 1 saturated heterocycles. The molecule has 1 aromatic carbocycles. The smallest absolute Gasteiger partial charge is 0.274 e. The van der Waals surface area contributed by atoms with Gasteiger partial charge in [-0.25, -0.2) is 4.68 Å². The van der Waals surface area contributed by atoms with Crippen LogP contribution in [-0.4, -0.2) is 39.2 Å². The zero-order valence-corrected chi connectivity index (χ0v) is 16.4. The molecule has 2 N–H and O–H groups in total. The van der Waals surface area contributed by atoms with Gasteiger partial charge >= 0.3 is 0 Å². The van der Waals surface area contributed by atoms with Crippen molar-refractivity contribution in [3.63, 3.8) is 0 Å². The van der Waals surface area contributed by atoms with Crippen molar-refractivity contribution in [2.45, 2.75) is 70.9 Å². The lowest BCUT2D eigenvalue weighted by Gasteiger charge is -2.37. The largest absolute Gasteiger partial charge is 0.333 e. The third-order valence-corrected chi connectivity index (χ3v) is 6.08. The summed E-state index contributed by atoms with van der Waals surface area (Å²) < 4.78 is 2.01. The van der Waals surface area contributed by atoms with Crippen LogP contribution in [-0.2, 0) is 12.8 Å². The Bertz CT molecular complexity index is 822. The van der Waals surface area contributed by atoms with Crippen LogP contribution in [0.4, 0.5) is 0 Å². The van der Waals surface area contributed by atoms with Crippen LogP contribution in [0.5, 0.6) is 0 Å². The molecule has 4 rings (SSSR count). The van der Waals surface area contributed by atoms with Crippen LogP contribution in [0.1, 0.15) is 66.3 Å². The Morgan fingerprint density at radius 3 is 2.63 bits per heavy atom. The fourth-order valence-electron chi connectivity index (χ4n) is 4.56. The molecule has 1 aromatic heterocycles. The standard InChI is InChI=1S/C22H30N4O/c1-15-10-12-17(13-11-15)26-20-9-4-3-7-18(20)21(24-26)22(27)25-14-6-5-8-19(25)16(2)23/h10-13,16,19H,3-9,14,23H2,1-2H3. The Morgan fingerprint density at radius 1 is 1.15 bits per heavy atom. The van der Waals surface area contributed by atoms with Crippen molar-refractivity contribution in [3.05, 3.63) is 46.8 Å². The number of aryl methyl sites for hydroxylation is 1. The van der Waals surface area contributed by atoms with Crippen LogP contribution in [0.15, 0.2) is 24.3 Å². The first-order chi connectivity index (χ1) is 13.1. The summed E-state index contributed by atoms with van der Waals surface area (Å²) in [5, 5.41) is 4.85. The molecule has 5 heteroatoms. The lowest BCUT2D eigenvalue weighted by Crippen LogP contribution is -2.52. The fourth-order valence-corrected chi connectivity index (χ4v) is 4.56. The normalized spacial score (nSPS) is 21.0. The maximum Gasteiger partial charge on any atom is 0.274 e. The molecule has 1 aliphatic carbocycles. The highest BCUT2D eigenvalue weighted by Gasteiger charge is 2.34. The maximum atomic E-state index is 13.5. The highest BCUT2D eigenvalue weighted by Crippen LogP contribution is 2.29. The minimum absolute atomic E-state index is 0.00994. The average molecular weight is 367 g/mol. The molecule has 2 aromatic rings. The number of piperidine rings is 1. The summed E-state index contributed by atoms with van der Waals surface area (Å²) in [6.07, 6.45) is 7.40. The van der Waals surface area contributed by atoms with E-state index in [1.165, 1.54) is 11.3 Å². The number of hydrogen-bond acceptors (Lipinski definition) is 3. The van der Waals surface area contributed by atoms with Gasteiger partial charge in [-0.15, -0.1) is 0 Å². The van der Waals surface area contributed by atoms with E-state index in [0.29, 0.717) is 5.69 Å². The molecule has 0 bridgehead atoms. The van der Waals surface area contributed by atoms with Crippen molar-refractivity contribution in [1.82, 2.24) is 14.7 Å². The molecule has 2 atom stereocenters. The molecule has 1 aliphatic heterocycles. The average Bonchev–Trinajstić information content (AvgIpc) is 3.08. The monoisotopic (exact) mass is 366 g/mol. The molecule has 0 saturated carbocycles. The van der Waals surface area contributed by atoms with Gasteiger partial charge in [-0.05, 0) is 70.9 Å². The summed E-state index contributed by atoms with van der Waals surface area (Å²) in [7, 11) is 0. The molecular formula is C22H30N4O. The minimum atomic E-state index is -0.00994. The lowest BCUT2D eigenvalue weighted by molar-refractivity contribution is 0.0576. The lowest BCUT2D eigenvalue weighted by atomic mass is 9.93. The van der Waals surface area contributed by atoms with E-state index in [9.17, 15) is 4.79 Å². The SMILES string of the molecule is Cc1ccc(-n2nc(C(=O)N3CCCCC3C(C)N)c3c2CCCC3)cc1. The van der Waals surface area contributed by atoms with Crippen LogP contribution in [0.2, 0.25) is 0 Å². The predicted molar refractivity (Wildman–Crippen MR) is 107 cm³/mol. The van der Waals surface area contributed by atoms with Crippen molar-refractivity contribution < 1.29 is 4.79 Å². The van der Waals surface area contributed by atoms with Crippen molar-refractivity contribution in [2.24, 2.45) is 5.73 Å². The molecule has 0 spiro atoms. The van der Waals surface area contributed by atoms with Gasteiger partial charge in [0.25, 0.3) is 5.91 Å². The second-order valence-electron chi connectivity index (χ2n) is 8.15. The van der Waals surface area contributed by atoms with Gasteiger partial charge in [0, 0.05) is 29.9 Å². The van der Waals surface area contributed by atoms with Gasteiger partial charge in [-0.3, -0.25) is 4.79 Å². The molecule has 0 radical (unpaired) electrons. The van der Waals surface area contributed by atoms with Gasteiger partial charge in [-0.1, -0.05) is 17.7 Å². The number of nitrogens with zero attached hydrogens (tertiary/aromatic N) is 3. The van der Waals surface area contributed by atoms with Gasteiger partial charge in [0.2, 0.25) is 0 Å². The summed E-state index contributed by atoms with van der Waals surface area (Å²) in [6, 6.07) is 8.50. The Hall–Kier alpha value is -2.14. The second-order valence-corrected chi connectivity index (χ2v) is 8.15. The number of benzene rings is 1. The molecule has 2 heterocycles. The molecule has 27 heavy (non-hydrogen) atoms. The predicted octanol–water partition coefficient (Wildman–Crippen LogP) is 3.40. The Morgan fingerprint density at radius 2 is 1.89 bits per heavy atom. The van der Waals surface area contributed by atoms with Gasteiger partial charge in [0.15, 0.2) is 5.69 Å². The summed E-state index contributed by atoms with van der Waals surface area (Å²) in [4.78, 5) is 15.5.